The highest BCUT2D eigenvalue weighted by Crippen LogP contribution is 2.34. The van der Waals surface area contributed by atoms with E-state index in [0.717, 1.165) is 28.1 Å². The van der Waals surface area contributed by atoms with Gasteiger partial charge in [0, 0.05) is 54.2 Å². The Morgan fingerprint density at radius 2 is 1.82 bits per heavy atom. The smallest absolute Gasteiger partial charge is 0.251 e. The molecule has 6 nitrogen and oxygen atoms in total. The van der Waals surface area contributed by atoms with Crippen LogP contribution in [-0.2, 0) is 17.9 Å². The van der Waals surface area contributed by atoms with E-state index in [1.165, 1.54) is 0 Å². The summed E-state index contributed by atoms with van der Waals surface area (Å²) in [4.78, 5) is 17.4. The Kier molecular flexibility index (Phi) is 7.07. The maximum atomic E-state index is 13.1. The molecule has 0 radical (unpaired) electrons. The summed E-state index contributed by atoms with van der Waals surface area (Å²) in [6, 6.07) is 23.2. The topological polar surface area (TPSA) is 69.0 Å². The van der Waals surface area contributed by atoms with Crippen LogP contribution >= 0.6 is 0 Å². The summed E-state index contributed by atoms with van der Waals surface area (Å²) in [5.74, 6) is -0.154. The van der Waals surface area contributed by atoms with E-state index in [0.29, 0.717) is 24.2 Å². The van der Waals surface area contributed by atoms with Crippen molar-refractivity contribution < 1.29 is 9.53 Å². The van der Waals surface area contributed by atoms with Crippen molar-refractivity contribution in [2.24, 2.45) is 0 Å². The van der Waals surface area contributed by atoms with Gasteiger partial charge in [-0.15, -0.1) is 0 Å². The number of benzene rings is 2. The van der Waals surface area contributed by atoms with Crippen LogP contribution in [0.4, 0.5) is 0 Å². The fraction of sp³-hybridized carbons (Fsp3) is 0.148. The van der Waals surface area contributed by atoms with Crippen molar-refractivity contribution in [3.63, 3.8) is 0 Å². The van der Waals surface area contributed by atoms with Crippen LogP contribution in [0, 0.1) is 0 Å². The predicted octanol–water partition coefficient (Wildman–Crippen LogP) is 4.83. The molecule has 166 valence electrons. The number of rotatable bonds is 9. The molecule has 0 saturated heterocycles. The highest BCUT2D eigenvalue weighted by Gasteiger charge is 2.22. The zero-order valence-electron chi connectivity index (χ0n) is 18.6. The zero-order valence-corrected chi connectivity index (χ0v) is 18.6. The number of nitrogens with zero attached hydrogens (tertiary/aromatic N) is 3. The summed E-state index contributed by atoms with van der Waals surface area (Å²) in [5, 5.41) is 7.83. The van der Waals surface area contributed by atoms with E-state index in [1.807, 2.05) is 72.8 Å². The quantitative estimate of drug-likeness (QED) is 0.406. The second kappa shape index (κ2) is 10.5. The number of carbonyl (C=O) groups excluding carboxylic acids is 1. The molecule has 2 heterocycles. The Morgan fingerprint density at radius 1 is 1.06 bits per heavy atom. The minimum Gasteiger partial charge on any atom is -0.362 e. The van der Waals surface area contributed by atoms with Crippen LogP contribution < -0.4 is 5.32 Å². The fourth-order valence-electron chi connectivity index (χ4n) is 3.82. The van der Waals surface area contributed by atoms with E-state index < -0.39 is 0 Å². The SMILES string of the molecule is C=Cc1c(-c2ccccc2C(=O)NCCc2ccccn2)nn(COC)c1-c1ccccc1. The van der Waals surface area contributed by atoms with Crippen LogP contribution in [-0.4, -0.2) is 34.3 Å². The standard InChI is InChI=1S/C27H26N4O2/c1-3-22-25(30-31(19-33-2)26(22)20-11-5-4-6-12-20)23-14-7-8-15-24(23)27(32)29-18-16-21-13-9-10-17-28-21/h3-15,17H,1,16,18-19H2,2H3,(H,29,32). The van der Waals surface area contributed by atoms with Crippen LogP contribution in [0.15, 0.2) is 85.6 Å². The molecule has 4 aromatic rings. The van der Waals surface area contributed by atoms with E-state index in [4.69, 9.17) is 9.84 Å². The van der Waals surface area contributed by atoms with Crippen molar-refractivity contribution in [2.45, 2.75) is 13.2 Å². The lowest BCUT2D eigenvalue weighted by Crippen LogP contribution is -2.26. The van der Waals surface area contributed by atoms with Gasteiger partial charge < -0.3 is 10.1 Å². The first-order valence-electron chi connectivity index (χ1n) is 10.8. The fourth-order valence-corrected chi connectivity index (χ4v) is 3.82. The number of aromatic nitrogens is 3. The lowest BCUT2D eigenvalue weighted by atomic mass is 9.98. The number of nitrogens with one attached hydrogen (secondary N) is 1. The molecule has 0 atom stereocenters. The second-order valence-corrected chi connectivity index (χ2v) is 7.47. The number of hydrogen-bond donors (Lipinski definition) is 1. The molecule has 0 spiro atoms. The van der Waals surface area contributed by atoms with Crippen LogP contribution in [0.2, 0.25) is 0 Å². The predicted molar refractivity (Wildman–Crippen MR) is 130 cm³/mol. The molecule has 2 aromatic carbocycles. The van der Waals surface area contributed by atoms with Crippen LogP contribution in [0.1, 0.15) is 21.6 Å². The molecule has 0 aliphatic rings. The molecule has 1 amide bonds. The van der Waals surface area contributed by atoms with E-state index >= 15 is 0 Å². The minimum atomic E-state index is -0.154. The van der Waals surface area contributed by atoms with Gasteiger partial charge in [-0.3, -0.25) is 9.78 Å². The normalized spacial score (nSPS) is 10.7. The van der Waals surface area contributed by atoms with Gasteiger partial charge in [0.25, 0.3) is 5.91 Å². The second-order valence-electron chi connectivity index (χ2n) is 7.47. The summed E-state index contributed by atoms with van der Waals surface area (Å²) in [5.41, 5.74) is 5.68. The maximum Gasteiger partial charge on any atom is 0.251 e. The monoisotopic (exact) mass is 438 g/mol. The van der Waals surface area contributed by atoms with Crippen molar-refractivity contribution in [2.75, 3.05) is 13.7 Å². The molecular weight excluding hydrogens is 412 g/mol. The minimum absolute atomic E-state index is 0.154. The summed E-state index contributed by atoms with van der Waals surface area (Å²) < 4.78 is 7.20. The molecule has 33 heavy (non-hydrogen) atoms. The lowest BCUT2D eigenvalue weighted by Gasteiger charge is -2.10. The first-order chi connectivity index (χ1) is 16.2. The first kappa shape index (κ1) is 22.2. The van der Waals surface area contributed by atoms with E-state index in [2.05, 4.69) is 16.9 Å². The van der Waals surface area contributed by atoms with Crippen molar-refractivity contribution in [1.82, 2.24) is 20.1 Å². The largest absolute Gasteiger partial charge is 0.362 e. The van der Waals surface area contributed by atoms with Gasteiger partial charge in [-0.25, -0.2) is 4.68 Å². The first-order valence-corrected chi connectivity index (χ1v) is 10.8. The molecule has 2 aromatic heterocycles. The Morgan fingerprint density at radius 3 is 2.55 bits per heavy atom. The van der Waals surface area contributed by atoms with Crippen molar-refractivity contribution in [1.29, 1.82) is 0 Å². The lowest BCUT2D eigenvalue weighted by molar-refractivity contribution is 0.0954. The van der Waals surface area contributed by atoms with Crippen molar-refractivity contribution in [3.05, 3.63) is 102 Å². The third-order valence-corrected chi connectivity index (χ3v) is 5.31. The summed E-state index contributed by atoms with van der Waals surface area (Å²) >= 11 is 0. The number of pyridine rings is 1. The summed E-state index contributed by atoms with van der Waals surface area (Å²) in [7, 11) is 1.63. The van der Waals surface area contributed by atoms with Gasteiger partial charge in [-0.2, -0.15) is 5.10 Å². The van der Waals surface area contributed by atoms with E-state index in [9.17, 15) is 4.79 Å². The molecule has 4 rings (SSSR count). The maximum absolute atomic E-state index is 13.1. The number of methoxy groups -OCH3 is 1. The Balaban J connectivity index is 1.68. The van der Waals surface area contributed by atoms with E-state index in [-0.39, 0.29) is 12.6 Å². The average molecular weight is 439 g/mol. The van der Waals surface area contributed by atoms with Crippen LogP contribution in [0.25, 0.3) is 28.6 Å². The van der Waals surface area contributed by atoms with Gasteiger partial charge >= 0.3 is 0 Å². The molecule has 0 bridgehead atoms. The number of carbonyl (C=O) groups is 1. The van der Waals surface area contributed by atoms with Crippen LogP contribution in [0.3, 0.4) is 0 Å². The van der Waals surface area contributed by atoms with Crippen molar-refractivity contribution >= 4 is 12.0 Å². The molecule has 0 aliphatic carbocycles. The summed E-state index contributed by atoms with van der Waals surface area (Å²) in [6.45, 7) is 4.81. The molecule has 0 aliphatic heterocycles. The summed E-state index contributed by atoms with van der Waals surface area (Å²) in [6.07, 6.45) is 4.20. The Labute approximate surface area is 193 Å². The highest BCUT2D eigenvalue weighted by atomic mass is 16.5. The van der Waals surface area contributed by atoms with Crippen molar-refractivity contribution in [3.8, 4) is 22.5 Å². The molecule has 0 unspecified atom stereocenters. The molecule has 0 saturated carbocycles. The number of hydrogen-bond acceptors (Lipinski definition) is 4. The third kappa shape index (κ3) is 4.91. The number of ether oxygens (including phenoxy) is 1. The highest BCUT2D eigenvalue weighted by molar-refractivity contribution is 6.01. The van der Waals surface area contributed by atoms with Gasteiger partial charge in [0.05, 0.1) is 5.69 Å². The Hall–Kier alpha value is -4.03. The molecule has 6 heteroatoms. The van der Waals surface area contributed by atoms with Gasteiger partial charge in [0.15, 0.2) is 0 Å². The van der Waals surface area contributed by atoms with Gasteiger partial charge in [-0.05, 0) is 18.2 Å². The number of amides is 1. The molecule has 0 fully saturated rings. The molecular formula is C27H26N4O2. The van der Waals surface area contributed by atoms with Gasteiger partial charge in [0.1, 0.15) is 12.4 Å². The average Bonchev–Trinajstić information content (AvgIpc) is 3.23. The molecule has 1 N–H and O–H groups in total. The van der Waals surface area contributed by atoms with E-state index in [1.54, 1.807) is 24.1 Å². The van der Waals surface area contributed by atoms with Crippen LogP contribution in [0.5, 0.6) is 0 Å². The van der Waals surface area contributed by atoms with Gasteiger partial charge in [-0.1, -0.05) is 67.3 Å². The third-order valence-electron chi connectivity index (χ3n) is 5.31. The Bertz CT molecular complexity index is 1230. The zero-order chi connectivity index (χ0) is 23.0. The van der Waals surface area contributed by atoms with Gasteiger partial charge in [0.2, 0.25) is 0 Å².